The summed E-state index contributed by atoms with van der Waals surface area (Å²) in [6, 6.07) is 7.34. The molecule has 19 heavy (non-hydrogen) atoms. The third kappa shape index (κ3) is 3.12. The Morgan fingerprint density at radius 2 is 2.26 bits per heavy atom. The number of nitrogens with two attached hydrogens (primary N) is 1. The van der Waals surface area contributed by atoms with Crippen LogP contribution in [-0.2, 0) is 12.8 Å². The highest BCUT2D eigenvalue weighted by molar-refractivity contribution is 7.98. The molecule has 1 amide bonds. The third-order valence-electron chi connectivity index (χ3n) is 2.74. The highest BCUT2D eigenvalue weighted by Crippen LogP contribution is 2.21. The zero-order chi connectivity index (χ0) is 13.8. The number of nitrogen functional groups attached to an aromatic ring is 1. The Morgan fingerprint density at radius 1 is 1.47 bits per heavy atom. The Hall–Kier alpha value is -1.86. The average molecular weight is 277 g/mol. The lowest BCUT2D eigenvalue weighted by Gasteiger charge is -2.04. The van der Waals surface area contributed by atoms with Gasteiger partial charge in [0.05, 0.1) is 0 Å². The number of aryl methyl sites for hydroxylation is 1. The molecule has 1 heterocycles. The normalized spacial score (nSPS) is 10.5. The zero-order valence-electron chi connectivity index (χ0n) is 10.8. The molecule has 0 saturated carbocycles. The van der Waals surface area contributed by atoms with Crippen LogP contribution in [0.25, 0.3) is 0 Å². The van der Waals surface area contributed by atoms with E-state index in [1.165, 1.54) is 0 Å². The minimum atomic E-state index is -0.290. The van der Waals surface area contributed by atoms with Gasteiger partial charge in [0.2, 0.25) is 0 Å². The molecule has 0 atom stereocenters. The van der Waals surface area contributed by atoms with Crippen LogP contribution in [0.3, 0.4) is 0 Å². The Balaban J connectivity index is 2.07. The summed E-state index contributed by atoms with van der Waals surface area (Å²) in [6.45, 7) is 1.91. The molecule has 7 heteroatoms. The van der Waals surface area contributed by atoms with Crippen molar-refractivity contribution in [3.8, 4) is 0 Å². The number of rotatable bonds is 4. The van der Waals surface area contributed by atoms with E-state index in [-0.39, 0.29) is 5.91 Å². The number of amides is 1. The number of hydrogen-bond acceptors (Lipinski definition) is 5. The van der Waals surface area contributed by atoms with E-state index in [2.05, 4.69) is 15.6 Å². The Labute approximate surface area is 115 Å². The smallest absolute Gasteiger partial charge is 0.265 e. The van der Waals surface area contributed by atoms with Gasteiger partial charge in [0.15, 0.2) is 5.16 Å². The molecule has 0 unspecified atom stereocenters. The standard InChI is InChI=1S/C12H15N5OS/c1-8-15-16-12(17(8)2)19-7-9-4-3-5-10(6-9)11(18)14-13/h3-6H,7,13H2,1-2H3,(H,14,18). The van der Waals surface area contributed by atoms with Crippen molar-refractivity contribution in [2.45, 2.75) is 17.8 Å². The Kier molecular flexibility index (Phi) is 4.18. The maximum atomic E-state index is 11.4. The number of carbonyl (C=O) groups is 1. The van der Waals surface area contributed by atoms with Crippen molar-refractivity contribution in [3.63, 3.8) is 0 Å². The van der Waals surface area contributed by atoms with Gasteiger partial charge in [0, 0.05) is 18.4 Å². The average Bonchev–Trinajstić information content (AvgIpc) is 2.76. The van der Waals surface area contributed by atoms with Gasteiger partial charge < -0.3 is 4.57 Å². The second-order valence-corrected chi connectivity index (χ2v) is 4.99. The summed E-state index contributed by atoms with van der Waals surface area (Å²) in [6.07, 6.45) is 0. The van der Waals surface area contributed by atoms with Crippen LogP contribution in [0, 0.1) is 6.92 Å². The van der Waals surface area contributed by atoms with E-state index in [1.807, 2.05) is 36.7 Å². The fourth-order valence-electron chi connectivity index (χ4n) is 1.55. The van der Waals surface area contributed by atoms with Crippen molar-refractivity contribution >= 4 is 17.7 Å². The highest BCUT2D eigenvalue weighted by Gasteiger charge is 2.07. The monoisotopic (exact) mass is 277 g/mol. The minimum Gasteiger partial charge on any atom is -0.309 e. The van der Waals surface area contributed by atoms with Crippen LogP contribution in [0.5, 0.6) is 0 Å². The first kappa shape index (κ1) is 13.6. The van der Waals surface area contributed by atoms with Crippen LogP contribution >= 0.6 is 11.8 Å². The number of hydrazine groups is 1. The molecular formula is C12H15N5OS. The topological polar surface area (TPSA) is 85.8 Å². The van der Waals surface area contributed by atoms with Gasteiger partial charge in [0.25, 0.3) is 5.91 Å². The highest BCUT2D eigenvalue weighted by atomic mass is 32.2. The van der Waals surface area contributed by atoms with Crippen LogP contribution < -0.4 is 11.3 Å². The molecule has 1 aromatic heterocycles. The van der Waals surface area contributed by atoms with E-state index in [4.69, 9.17) is 5.84 Å². The molecule has 0 spiro atoms. The van der Waals surface area contributed by atoms with Gasteiger partial charge in [-0.05, 0) is 24.6 Å². The van der Waals surface area contributed by atoms with Gasteiger partial charge in [-0.2, -0.15) is 0 Å². The van der Waals surface area contributed by atoms with Crippen LogP contribution in [0.2, 0.25) is 0 Å². The number of carbonyl (C=O) groups excluding carboxylic acids is 1. The van der Waals surface area contributed by atoms with E-state index in [1.54, 1.807) is 17.8 Å². The number of aromatic nitrogens is 3. The van der Waals surface area contributed by atoms with Crippen molar-refractivity contribution in [1.29, 1.82) is 0 Å². The summed E-state index contributed by atoms with van der Waals surface area (Å²) in [5, 5.41) is 8.93. The van der Waals surface area contributed by atoms with Crippen molar-refractivity contribution in [3.05, 3.63) is 41.2 Å². The molecule has 3 N–H and O–H groups in total. The predicted molar refractivity (Wildman–Crippen MR) is 73.4 cm³/mol. The first-order valence-corrected chi connectivity index (χ1v) is 6.69. The molecule has 0 fully saturated rings. The number of thioether (sulfide) groups is 1. The molecule has 2 rings (SSSR count). The third-order valence-corrected chi connectivity index (χ3v) is 3.83. The molecule has 100 valence electrons. The predicted octanol–water partition coefficient (Wildman–Crippen LogP) is 1.02. The van der Waals surface area contributed by atoms with Crippen LogP contribution in [0.1, 0.15) is 21.7 Å². The zero-order valence-corrected chi connectivity index (χ0v) is 11.6. The van der Waals surface area contributed by atoms with Crippen molar-refractivity contribution in [2.75, 3.05) is 0 Å². The van der Waals surface area contributed by atoms with Gasteiger partial charge in [-0.3, -0.25) is 10.2 Å². The van der Waals surface area contributed by atoms with Crippen LogP contribution in [-0.4, -0.2) is 20.7 Å². The van der Waals surface area contributed by atoms with Crippen molar-refractivity contribution in [2.24, 2.45) is 12.9 Å². The van der Waals surface area contributed by atoms with Crippen LogP contribution in [0.15, 0.2) is 29.4 Å². The molecule has 6 nitrogen and oxygen atoms in total. The summed E-state index contributed by atoms with van der Waals surface area (Å²) >= 11 is 1.58. The number of nitrogens with zero attached hydrogens (tertiary/aromatic N) is 3. The lowest BCUT2D eigenvalue weighted by Crippen LogP contribution is -2.29. The number of nitrogens with one attached hydrogen (secondary N) is 1. The molecular weight excluding hydrogens is 262 g/mol. The molecule has 0 aliphatic carbocycles. The Morgan fingerprint density at radius 3 is 2.89 bits per heavy atom. The fourth-order valence-corrected chi connectivity index (χ4v) is 2.45. The summed E-state index contributed by atoms with van der Waals surface area (Å²) < 4.78 is 1.93. The second kappa shape index (κ2) is 5.85. The van der Waals surface area contributed by atoms with E-state index >= 15 is 0 Å². The van der Waals surface area contributed by atoms with Crippen molar-refractivity contribution < 1.29 is 4.79 Å². The molecule has 2 aromatic rings. The van der Waals surface area contributed by atoms with Gasteiger partial charge in [-0.1, -0.05) is 23.9 Å². The molecule has 1 aromatic carbocycles. The van der Waals surface area contributed by atoms with E-state index in [0.717, 1.165) is 22.3 Å². The minimum absolute atomic E-state index is 0.290. The summed E-state index contributed by atoms with van der Waals surface area (Å²) in [7, 11) is 1.93. The first-order valence-electron chi connectivity index (χ1n) is 5.70. The number of hydrogen-bond donors (Lipinski definition) is 2. The Bertz CT molecular complexity index is 596. The molecule has 0 aliphatic heterocycles. The maximum absolute atomic E-state index is 11.4. The van der Waals surface area contributed by atoms with E-state index < -0.39 is 0 Å². The number of benzene rings is 1. The molecule has 0 bridgehead atoms. The van der Waals surface area contributed by atoms with Gasteiger partial charge in [-0.25, -0.2) is 5.84 Å². The van der Waals surface area contributed by atoms with E-state index in [0.29, 0.717) is 5.56 Å². The largest absolute Gasteiger partial charge is 0.309 e. The fraction of sp³-hybridized carbons (Fsp3) is 0.250. The summed E-state index contributed by atoms with van der Waals surface area (Å²) in [4.78, 5) is 11.4. The van der Waals surface area contributed by atoms with Crippen LogP contribution in [0.4, 0.5) is 0 Å². The molecule has 0 radical (unpaired) electrons. The maximum Gasteiger partial charge on any atom is 0.265 e. The van der Waals surface area contributed by atoms with Gasteiger partial charge >= 0.3 is 0 Å². The van der Waals surface area contributed by atoms with Gasteiger partial charge in [0.1, 0.15) is 5.82 Å². The van der Waals surface area contributed by atoms with Gasteiger partial charge in [-0.15, -0.1) is 10.2 Å². The second-order valence-electron chi connectivity index (χ2n) is 4.05. The molecule has 0 aliphatic rings. The summed E-state index contributed by atoms with van der Waals surface area (Å²) in [5.41, 5.74) is 3.71. The SMILES string of the molecule is Cc1nnc(SCc2cccc(C(=O)NN)c2)n1C. The quantitative estimate of drug-likeness (QED) is 0.377. The van der Waals surface area contributed by atoms with E-state index in [9.17, 15) is 4.79 Å². The lowest BCUT2D eigenvalue weighted by atomic mass is 10.1. The van der Waals surface area contributed by atoms with Crippen molar-refractivity contribution in [1.82, 2.24) is 20.2 Å². The summed E-state index contributed by atoms with van der Waals surface area (Å²) in [5.74, 6) is 6.42. The first-order chi connectivity index (χ1) is 9.11. The molecule has 0 saturated heterocycles. The lowest BCUT2D eigenvalue weighted by molar-refractivity contribution is 0.0953.